The molecule has 2 heterocycles. The first-order valence-corrected chi connectivity index (χ1v) is 6.87. The minimum Gasteiger partial charge on any atom is -0.394 e. The van der Waals surface area contributed by atoms with Gasteiger partial charge in [-0.1, -0.05) is 6.92 Å². The molecule has 5 heteroatoms. The van der Waals surface area contributed by atoms with Crippen LogP contribution in [0.4, 0.5) is 11.5 Å². The summed E-state index contributed by atoms with van der Waals surface area (Å²) >= 11 is 0. The molecule has 18 heavy (non-hydrogen) atoms. The molecule has 0 radical (unpaired) electrons. The number of likely N-dealkylation sites (tertiary alicyclic amines) is 1. The largest absolute Gasteiger partial charge is 0.394 e. The van der Waals surface area contributed by atoms with Crippen molar-refractivity contribution in [2.45, 2.75) is 33.2 Å². The third-order valence-electron chi connectivity index (χ3n) is 3.66. The Balaban J connectivity index is 1.99. The van der Waals surface area contributed by atoms with Gasteiger partial charge in [0.2, 0.25) is 0 Å². The Morgan fingerprint density at radius 3 is 2.89 bits per heavy atom. The van der Waals surface area contributed by atoms with Crippen molar-refractivity contribution in [3.05, 3.63) is 5.69 Å². The van der Waals surface area contributed by atoms with E-state index in [4.69, 9.17) is 5.73 Å². The Hall–Kier alpha value is -1.23. The highest BCUT2D eigenvalue weighted by molar-refractivity contribution is 5.64. The highest BCUT2D eigenvalue weighted by Gasteiger charge is 2.20. The number of nitrogens with two attached hydrogens (primary N) is 1. The monoisotopic (exact) mass is 251 g/mol. The molecule has 1 aromatic heterocycles. The van der Waals surface area contributed by atoms with Gasteiger partial charge in [0.15, 0.2) is 0 Å². The number of anilines is 2. The van der Waals surface area contributed by atoms with Gasteiger partial charge in [-0.25, -0.2) is 4.68 Å². The lowest BCUT2D eigenvalue weighted by atomic mass is 10.1. The van der Waals surface area contributed by atoms with Crippen LogP contribution in [0, 0.1) is 12.8 Å². The number of nitrogens with one attached hydrogen (secondary N) is 1. The van der Waals surface area contributed by atoms with E-state index in [1.54, 1.807) is 0 Å². The maximum atomic E-state index is 6.09. The summed E-state index contributed by atoms with van der Waals surface area (Å²) in [6.07, 6.45) is 2.34. The number of hydrogen-bond acceptors (Lipinski definition) is 4. The van der Waals surface area contributed by atoms with Gasteiger partial charge >= 0.3 is 0 Å². The van der Waals surface area contributed by atoms with Crippen molar-refractivity contribution in [3.63, 3.8) is 0 Å². The van der Waals surface area contributed by atoms with E-state index in [1.165, 1.54) is 19.5 Å². The highest BCUT2D eigenvalue weighted by atomic mass is 15.3. The van der Waals surface area contributed by atoms with E-state index in [9.17, 15) is 0 Å². The van der Waals surface area contributed by atoms with Crippen molar-refractivity contribution >= 4 is 11.5 Å². The summed E-state index contributed by atoms with van der Waals surface area (Å²) in [6.45, 7) is 8.41. The molecule has 5 nitrogen and oxygen atoms in total. The molecule has 0 aromatic carbocycles. The lowest BCUT2D eigenvalue weighted by Crippen LogP contribution is -2.20. The zero-order chi connectivity index (χ0) is 13.1. The third-order valence-corrected chi connectivity index (χ3v) is 3.66. The van der Waals surface area contributed by atoms with Crippen LogP contribution < -0.4 is 11.1 Å². The summed E-state index contributed by atoms with van der Waals surface area (Å²) < 4.78 is 2.00. The molecule has 1 atom stereocenters. The Morgan fingerprint density at radius 1 is 1.50 bits per heavy atom. The lowest BCUT2D eigenvalue weighted by Gasteiger charge is -2.14. The van der Waals surface area contributed by atoms with Crippen molar-refractivity contribution in [1.82, 2.24) is 14.7 Å². The molecule has 0 spiro atoms. The normalized spacial score (nSPS) is 20.5. The quantitative estimate of drug-likeness (QED) is 0.833. The van der Waals surface area contributed by atoms with E-state index in [0.29, 0.717) is 0 Å². The number of nitrogen functional groups attached to an aromatic ring is 1. The van der Waals surface area contributed by atoms with Crippen LogP contribution in [0.15, 0.2) is 0 Å². The molecule has 1 aliphatic heterocycles. The molecule has 0 saturated carbocycles. The number of rotatable bonds is 5. The summed E-state index contributed by atoms with van der Waals surface area (Å²) in [6, 6.07) is 0. The minimum atomic E-state index is 0.722. The van der Waals surface area contributed by atoms with Crippen molar-refractivity contribution in [1.29, 1.82) is 0 Å². The summed E-state index contributed by atoms with van der Waals surface area (Å²) in [5.41, 5.74) is 7.82. The molecule has 0 aliphatic carbocycles. The van der Waals surface area contributed by atoms with Crippen LogP contribution in [-0.4, -0.2) is 41.4 Å². The first-order chi connectivity index (χ1) is 8.61. The van der Waals surface area contributed by atoms with Gasteiger partial charge in [0.25, 0.3) is 0 Å². The number of aromatic nitrogens is 2. The molecule has 1 fully saturated rings. The number of aryl methyl sites for hydroxylation is 2. The zero-order valence-electron chi connectivity index (χ0n) is 11.7. The summed E-state index contributed by atoms with van der Waals surface area (Å²) in [7, 11) is 2.18. The van der Waals surface area contributed by atoms with Crippen LogP contribution in [0.3, 0.4) is 0 Å². The van der Waals surface area contributed by atoms with Crippen molar-refractivity contribution in [2.75, 3.05) is 37.7 Å². The molecule has 1 unspecified atom stereocenters. The second-order valence-corrected chi connectivity index (χ2v) is 5.37. The van der Waals surface area contributed by atoms with Crippen molar-refractivity contribution in [2.24, 2.45) is 5.92 Å². The fourth-order valence-electron chi connectivity index (χ4n) is 2.59. The fraction of sp³-hybridized carbons (Fsp3) is 0.769. The standard InChI is InChI=1S/C13H25N5/c1-4-6-18-13(12(14)10(2)16-18)15-8-11-5-7-17(3)9-11/h11,15H,4-9,14H2,1-3H3. The molecule has 1 aliphatic rings. The molecular formula is C13H25N5. The van der Waals surface area contributed by atoms with Gasteiger partial charge in [0, 0.05) is 19.6 Å². The molecule has 0 bridgehead atoms. The number of nitrogens with zero attached hydrogens (tertiary/aromatic N) is 3. The number of hydrogen-bond donors (Lipinski definition) is 2. The Morgan fingerprint density at radius 2 is 2.28 bits per heavy atom. The molecular weight excluding hydrogens is 226 g/mol. The molecule has 1 saturated heterocycles. The average Bonchev–Trinajstić information content (AvgIpc) is 2.84. The Bertz CT molecular complexity index is 398. The Labute approximate surface area is 109 Å². The minimum absolute atomic E-state index is 0.722. The van der Waals surface area contributed by atoms with Crippen LogP contribution in [0.2, 0.25) is 0 Å². The summed E-state index contributed by atoms with van der Waals surface area (Å²) in [5, 5.41) is 7.98. The predicted octanol–water partition coefficient (Wildman–Crippen LogP) is 1.55. The van der Waals surface area contributed by atoms with Crippen LogP contribution >= 0.6 is 0 Å². The first kappa shape index (κ1) is 13.2. The lowest BCUT2D eigenvalue weighted by molar-refractivity contribution is 0.399. The van der Waals surface area contributed by atoms with Gasteiger partial charge in [0.1, 0.15) is 5.82 Å². The molecule has 102 valence electrons. The highest BCUT2D eigenvalue weighted by Crippen LogP contribution is 2.24. The SMILES string of the molecule is CCCn1nc(C)c(N)c1NCC1CCN(C)C1. The van der Waals surface area contributed by atoms with Crippen molar-refractivity contribution < 1.29 is 0 Å². The maximum Gasteiger partial charge on any atom is 0.148 e. The zero-order valence-corrected chi connectivity index (χ0v) is 11.7. The fourth-order valence-corrected chi connectivity index (χ4v) is 2.59. The average molecular weight is 251 g/mol. The van der Waals surface area contributed by atoms with E-state index >= 15 is 0 Å². The van der Waals surface area contributed by atoms with E-state index in [1.807, 2.05) is 11.6 Å². The van der Waals surface area contributed by atoms with E-state index < -0.39 is 0 Å². The van der Waals surface area contributed by atoms with E-state index in [0.717, 1.165) is 42.6 Å². The summed E-state index contributed by atoms with van der Waals surface area (Å²) in [5.74, 6) is 1.73. The topological polar surface area (TPSA) is 59.1 Å². The van der Waals surface area contributed by atoms with Gasteiger partial charge in [-0.2, -0.15) is 5.10 Å². The third kappa shape index (κ3) is 2.77. The van der Waals surface area contributed by atoms with Crippen molar-refractivity contribution in [3.8, 4) is 0 Å². The van der Waals surface area contributed by atoms with Crippen LogP contribution in [0.25, 0.3) is 0 Å². The van der Waals surface area contributed by atoms with Gasteiger partial charge in [-0.3, -0.25) is 0 Å². The van der Waals surface area contributed by atoms with Crippen LogP contribution in [-0.2, 0) is 6.54 Å². The van der Waals surface area contributed by atoms with Gasteiger partial charge < -0.3 is 16.0 Å². The first-order valence-electron chi connectivity index (χ1n) is 6.87. The summed E-state index contributed by atoms with van der Waals surface area (Å²) in [4.78, 5) is 2.38. The Kier molecular flexibility index (Phi) is 4.11. The predicted molar refractivity (Wildman–Crippen MR) is 75.8 cm³/mol. The molecule has 0 amide bonds. The van der Waals surface area contributed by atoms with Gasteiger partial charge in [-0.05, 0) is 39.3 Å². The molecule has 3 N–H and O–H groups in total. The van der Waals surface area contributed by atoms with Crippen LogP contribution in [0.1, 0.15) is 25.5 Å². The van der Waals surface area contributed by atoms with Gasteiger partial charge in [0.05, 0.1) is 11.4 Å². The smallest absolute Gasteiger partial charge is 0.148 e. The van der Waals surface area contributed by atoms with E-state index in [-0.39, 0.29) is 0 Å². The molecule has 1 aromatic rings. The van der Waals surface area contributed by atoms with E-state index in [2.05, 4.69) is 29.3 Å². The van der Waals surface area contributed by atoms with Crippen LogP contribution in [0.5, 0.6) is 0 Å². The molecule has 2 rings (SSSR count). The second kappa shape index (κ2) is 5.61. The van der Waals surface area contributed by atoms with Gasteiger partial charge in [-0.15, -0.1) is 0 Å². The second-order valence-electron chi connectivity index (χ2n) is 5.37. The maximum absolute atomic E-state index is 6.09.